The van der Waals surface area contributed by atoms with Crippen molar-refractivity contribution in [3.63, 3.8) is 0 Å². The normalized spacial score (nSPS) is 18.3. The molecule has 1 saturated heterocycles. The Kier molecular flexibility index (Phi) is 7.90. The number of nitrogens with one attached hydrogen (secondary N) is 2. The molecule has 0 radical (unpaired) electrons. The van der Waals surface area contributed by atoms with Crippen molar-refractivity contribution in [1.82, 2.24) is 25.4 Å². The van der Waals surface area contributed by atoms with Crippen LogP contribution in [-0.2, 0) is 13.2 Å². The van der Waals surface area contributed by atoms with Crippen molar-refractivity contribution < 1.29 is 18.0 Å². The minimum atomic E-state index is -4.55. The van der Waals surface area contributed by atoms with E-state index in [0.717, 1.165) is 17.3 Å². The van der Waals surface area contributed by atoms with Crippen molar-refractivity contribution in [1.29, 1.82) is 0 Å². The number of hydrogen-bond donors (Lipinski definition) is 2. The largest absolute Gasteiger partial charge is 0.417 e. The minimum Gasteiger partial charge on any atom is -0.346 e. The number of aromatic nitrogens is 3. The maximum absolute atomic E-state index is 13.3. The van der Waals surface area contributed by atoms with Gasteiger partial charge in [-0.05, 0) is 55.3 Å². The monoisotopic (exact) mass is 513 g/mol. The van der Waals surface area contributed by atoms with Crippen LogP contribution in [0.5, 0.6) is 0 Å². The summed E-state index contributed by atoms with van der Waals surface area (Å²) < 4.78 is 41.8. The summed E-state index contributed by atoms with van der Waals surface area (Å²) in [6.45, 7) is 2.87. The second kappa shape index (κ2) is 10.3. The molecule has 0 aliphatic carbocycles. The van der Waals surface area contributed by atoms with Crippen molar-refractivity contribution in [3.05, 3.63) is 70.1 Å². The van der Waals surface area contributed by atoms with E-state index in [1.807, 2.05) is 19.2 Å². The van der Waals surface area contributed by atoms with E-state index in [1.54, 1.807) is 30.1 Å². The molecule has 11 heteroatoms. The van der Waals surface area contributed by atoms with Gasteiger partial charge in [0.05, 0.1) is 16.3 Å². The van der Waals surface area contributed by atoms with E-state index in [2.05, 4.69) is 20.7 Å². The molecule has 0 spiro atoms. The Hall–Kier alpha value is -2.62. The number of pyridine rings is 1. The van der Waals surface area contributed by atoms with Gasteiger partial charge >= 0.3 is 6.18 Å². The maximum Gasteiger partial charge on any atom is 0.417 e. The van der Waals surface area contributed by atoms with Gasteiger partial charge in [-0.1, -0.05) is 17.7 Å². The Morgan fingerprint density at radius 3 is 2.68 bits per heavy atom. The van der Waals surface area contributed by atoms with Crippen LogP contribution in [0.3, 0.4) is 0 Å². The zero-order valence-corrected chi connectivity index (χ0v) is 20.1. The van der Waals surface area contributed by atoms with Gasteiger partial charge in [0.15, 0.2) is 0 Å². The lowest BCUT2D eigenvalue weighted by Gasteiger charge is -2.33. The van der Waals surface area contributed by atoms with E-state index in [9.17, 15) is 18.0 Å². The Morgan fingerprint density at radius 2 is 2.03 bits per heavy atom. The van der Waals surface area contributed by atoms with Crippen LogP contribution in [0.15, 0.2) is 42.7 Å². The molecule has 182 valence electrons. The Bertz CT molecular complexity index is 1180. The van der Waals surface area contributed by atoms with Gasteiger partial charge in [0.2, 0.25) is 0 Å². The third kappa shape index (κ3) is 5.37. The topological polar surface area (TPSA) is 71.8 Å². The SMILES string of the molecule is Cc1cc(-c2ccnn2C)cnc1C(=O)N[C@@H]1CNCC[C@H]1c1ccc(Cl)c(C(F)(F)F)c1.Cl. The molecule has 4 rings (SSSR count). The summed E-state index contributed by atoms with van der Waals surface area (Å²) in [5.74, 6) is -0.657. The third-order valence-electron chi connectivity index (χ3n) is 5.93. The first-order valence-corrected chi connectivity index (χ1v) is 10.9. The van der Waals surface area contributed by atoms with Crippen LogP contribution < -0.4 is 10.6 Å². The van der Waals surface area contributed by atoms with Gasteiger partial charge in [-0.2, -0.15) is 18.3 Å². The highest BCUT2D eigenvalue weighted by molar-refractivity contribution is 6.31. The number of nitrogens with zero attached hydrogens (tertiary/aromatic N) is 3. The molecular weight excluding hydrogens is 490 g/mol. The molecule has 2 atom stereocenters. The average Bonchev–Trinajstić information content (AvgIpc) is 3.19. The maximum atomic E-state index is 13.3. The Morgan fingerprint density at radius 1 is 1.26 bits per heavy atom. The molecule has 1 aromatic carbocycles. The minimum absolute atomic E-state index is 0. The quantitative estimate of drug-likeness (QED) is 0.527. The summed E-state index contributed by atoms with van der Waals surface area (Å²) in [7, 11) is 1.82. The van der Waals surface area contributed by atoms with Crippen molar-refractivity contribution in [2.45, 2.75) is 31.5 Å². The van der Waals surface area contributed by atoms with E-state index in [1.165, 1.54) is 6.07 Å². The van der Waals surface area contributed by atoms with E-state index in [-0.39, 0.29) is 34.9 Å². The molecule has 1 aliphatic heterocycles. The number of hydrogen-bond acceptors (Lipinski definition) is 4. The smallest absolute Gasteiger partial charge is 0.346 e. The predicted octanol–water partition coefficient (Wildman–Crippen LogP) is 4.76. The number of carbonyl (C=O) groups excluding carboxylic acids is 1. The molecule has 34 heavy (non-hydrogen) atoms. The van der Waals surface area contributed by atoms with E-state index in [0.29, 0.717) is 30.6 Å². The van der Waals surface area contributed by atoms with Gasteiger partial charge in [-0.3, -0.25) is 14.5 Å². The molecule has 1 fully saturated rings. The highest BCUT2D eigenvalue weighted by Gasteiger charge is 2.35. The van der Waals surface area contributed by atoms with Crippen LogP contribution in [0.25, 0.3) is 11.3 Å². The van der Waals surface area contributed by atoms with E-state index in [4.69, 9.17) is 11.6 Å². The summed E-state index contributed by atoms with van der Waals surface area (Å²) >= 11 is 5.78. The number of halogens is 5. The second-order valence-electron chi connectivity index (χ2n) is 8.15. The highest BCUT2D eigenvalue weighted by Crippen LogP contribution is 2.38. The van der Waals surface area contributed by atoms with Gasteiger partial charge in [-0.25, -0.2) is 0 Å². The van der Waals surface area contributed by atoms with Crippen LogP contribution in [0.2, 0.25) is 5.02 Å². The second-order valence-corrected chi connectivity index (χ2v) is 8.55. The highest BCUT2D eigenvalue weighted by atomic mass is 35.5. The van der Waals surface area contributed by atoms with Crippen LogP contribution in [0, 0.1) is 6.92 Å². The molecule has 0 saturated carbocycles. The van der Waals surface area contributed by atoms with E-state index >= 15 is 0 Å². The molecule has 0 unspecified atom stereocenters. The molecule has 3 aromatic rings. The lowest BCUT2D eigenvalue weighted by molar-refractivity contribution is -0.137. The number of alkyl halides is 3. The van der Waals surface area contributed by atoms with Crippen molar-refractivity contribution in [3.8, 4) is 11.3 Å². The molecule has 0 bridgehead atoms. The fraction of sp³-hybridized carbons (Fsp3) is 0.348. The fourth-order valence-electron chi connectivity index (χ4n) is 4.25. The number of aryl methyl sites for hydroxylation is 2. The lowest BCUT2D eigenvalue weighted by atomic mass is 9.85. The molecule has 3 heterocycles. The molecular formula is C23H24Cl2F3N5O. The number of amides is 1. The summed E-state index contributed by atoms with van der Waals surface area (Å²) in [5.41, 5.74) is 2.30. The van der Waals surface area contributed by atoms with Crippen LogP contribution in [0.1, 0.15) is 39.5 Å². The molecule has 1 aliphatic rings. The van der Waals surface area contributed by atoms with Crippen LogP contribution >= 0.6 is 24.0 Å². The van der Waals surface area contributed by atoms with E-state index < -0.39 is 17.8 Å². The first-order chi connectivity index (χ1) is 15.6. The summed E-state index contributed by atoms with van der Waals surface area (Å²) in [6, 6.07) is 7.28. The number of benzene rings is 1. The molecule has 1 amide bonds. The zero-order chi connectivity index (χ0) is 23.8. The van der Waals surface area contributed by atoms with Crippen molar-refractivity contribution in [2.24, 2.45) is 7.05 Å². The average molecular weight is 514 g/mol. The molecule has 2 N–H and O–H groups in total. The standard InChI is InChI=1S/C23H23ClF3N5O.ClH/c1-13-9-15(20-6-8-30-32(20)2)11-29-21(13)22(33)31-19-12-28-7-5-16(19)14-3-4-18(24)17(10-14)23(25,26)27;/h3-4,6,8-11,16,19,28H,5,7,12H2,1-2H3,(H,31,33);1H/t16-,19+;/m0./s1. The summed E-state index contributed by atoms with van der Waals surface area (Å²) in [4.78, 5) is 17.4. The van der Waals surface area contributed by atoms with Gasteiger partial charge in [0.1, 0.15) is 5.69 Å². The van der Waals surface area contributed by atoms with Gasteiger partial charge in [-0.15, -0.1) is 12.4 Å². The zero-order valence-electron chi connectivity index (χ0n) is 18.5. The van der Waals surface area contributed by atoms with Crippen LogP contribution in [-0.4, -0.2) is 39.8 Å². The van der Waals surface area contributed by atoms with Crippen molar-refractivity contribution >= 4 is 29.9 Å². The van der Waals surface area contributed by atoms with Crippen molar-refractivity contribution in [2.75, 3.05) is 13.1 Å². The summed E-state index contributed by atoms with van der Waals surface area (Å²) in [6.07, 6.45) is -0.669. The lowest BCUT2D eigenvalue weighted by Crippen LogP contribution is -2.50. The predicted molar refractivity (Wildman–Crippen MR) is 126 cm³/mol. The summed E-state index contributed by atoms with van der Waals surface area (Å²) in [5, 5.41) is 9.98. The van der Waals surface area contributed by atoms with Gasteiger partial charge < -0.3 is 10.6 Å². The number of carbonyl (C=O) groups is 1. The Labute approximate surface area is 206 Å². The Balaban J connectivity index is 0.00000324. The first-order valence-electron chi connectivity index (χ1n) is 10.5. The molecule has 2 aromatic heterocycles. The van der Waals surface area contributed by atoms with Crippen LogP contribution in [0.4, 0.5) is 13.2 Å². The third-order valence-corrected chi connectivity index (χ3v) is 6.26. The number of piperidine rings is 1. The molecule has 6 nitrogen and oxygen atoms in total. The van der Waals surface area contributed by atoms with Gasteiger partial charge in [0.25, 0.3) is 5.91 Å². The fourth-order valence-corrected chi connectivity index (χ4v) is 4.47. The van der Waals surface area contributed by atoms with Gasteiger partial charge in [0, 0.05) is 43.5 Å². The first kappa shape index (κ1) is 26.0. The number of rotatable bonds is 4.